The van der Waals surface area contributed by atoms with E-state index in [0.29, 0.717) is 0 Å². The molecule has 3 heterocycles. The van der Waals surface area contributed by atoms with Gasteiger partial charge in [-0.2, -0.15) is 4.98 Å². The fourth-order valence-corrected chi connectivity index (χ4v) is 2.56. The Balaban J connectivity index is 1.96. The second-order valence-corrected chi connectivity index (χ2v) is 5.22. The monoisotopic (exact) mass is 284 g/mol. The Morgan fingerprint density at radius 2 is 2.15 bits per heavy atom. The van der Waals surface area contributed by atoms with E-state index in [1.165, 1.54) is 10.9 Å². The first-order valence-electron chi connectivity index (χ1n) is 6.24. The summed E-state index contributed by atoms with van der Waals surface area (Å²) < 4.78 is 18.3. The standard InChI is InChI=1S/C11H16N4O5/c1-11(2)19-6-5(3-16)18-8(7(6)20-11)15-4-13-9(12)14-10(15)17/h4-8,16H,3H2,1-2H3,(H2,12,14,17)/t5-,6+,7+,8-/m0/s1. The maximum absolute atomic E-state index is 11.9. The number of hydrogen-bond acceptors (Lipinski definition) is 8. The molecule has 3 N–H and O–H groups in total. The number of nitrogen functional groups attached to an aromatic ring is 1. The molecule has 4 atom stereocenters. The van der Waals surface area contributed by atoms with Gasteiger partial charge in [0.15, 0.2) is 12.0 Å². The minimum Gasteiger partial charge on any atom is -0.394 e. The van der Waals surface area contributed by atoms with E-state index in [4.69, 9.17) is 19.9 Å². The van der Waals surface area contributed by atoms with Crippen LogP contribution in [0.15, 0.2) is 11.1 Å². The minimum absolute atomic E-state index is 0.108. The Labute approximate surface area is 114 Å². The molecule has 1 aromatic heterocycles. The Morgan fingerprint density at radius 1 is 1.45 bits per heavy atom. The first-order valence-corrected chi connectivity index (χ1v) is 6.24. The van der Waals surface area contributed by atoms with E-state index in [9.17, 15) is 9.90 Å². The number of hydrogen-bond donors (Lipinski definition) is 2. The van der Waals surface area contributed by atoms with Gasteiger partial charge in [-0.25, -0.2) is 9.78 Å². The van der Waals surface area contributed by atoms with Crippen molar-refractivity contribution in [1.82, 2.24) is 14.5 Å². The average molecular weight is 284 g/mol. The lowest BCUT2D eigenvalue weighted by Crippen LogP contribution is -2.35. The number of nitrogens with two attached hydrogens (primary N) is 1. The Hall–Kier alpha value is -1.55. The summed E-state index contributed by atoms with van der Waals surface area (Å²) in [4.78, 5) is 19.2. The van der Waals surface area contributed by atoms with Crippen LogP contribution in [-0.2, 0) is 14.2 Å². The van der Waals surface area contributed by atoms with Gasteiger partial charge in [0, 0.05) is 0 Å². The van der Waals surface area contributed by atoms with Crippen molar-refractivity contribution in [3.63, 3.8) is 0 Å². The quantitative estimate of drug-likeness (QED) is 0.682. The Bertz CT molecular complexity index is 574. The van der Waals surface area contributed by atoms with Crippen molar-refractivity contribution in [1.29, 1.82) is 0 Å². The van der Waals surface area contributed by atoms with Crippen molar-refractivity contribution >= 4 is 5.95 Å². The molecule has 0 radical (unpaired) electrons. The highest BCUT2D eigenvalue weighted by Gasteiger charge is 2.55. The maximum atomic E-state index is 11.9. The van der Waals surface area contributed by atoms with Gasteiger partial charge >= 0.3 is 5.69 Å². The van der Waals surface area contributed by atoms with Crippen LogP contribution in [0.1, 0.15) is 20.1 Å². The van der Waals surface area contributed by atoms with Crippen molar-refractivity contribution in [3.8, 4) is 0 Å². The van der Waals surface area contributed by atoms with Crippen molar-refractivity contribution in [2.24, 2.45) is 0 Å². The van der Waals surface area contributed by atoms with E-state index >= 15 is 0 Å². The summed E-state index contributed by atoms with van der Waals surface area (Å²) in [6.07, 6.45) is -1.05. The third-order valence-electron chi connectivity index (χ3n) is 3.32. The second-order valence-electron chi connectivity index (χ2n) is 5.22. The van der Waals surface area contributed by atoms with E-state index in [-0.39, 0.29) is 12.6 Å². The van der Waals surface area contributed by atoms with Crippen LogP contribution in [0, 0.1) is 0 Å². The van der Waals surface area contributed by atoms with Crippen LogP contribution in [0.25, 0.3) is 0 Å². The van der Waals surface area contributed by atoms with Gasteiger partial charge in [0.2, 0.25) is 5.95 Å². The fourth-order valence-electron chi connectivity index (χ4n) is 2.56. The summed E-state index contributed by atoms with van der Waals surface area (Å²) in [5.41, 5.74) is 4.77. The smallest absolute Gasteiger partial charge is 0.354 e. The minimum atomic E-state index is -0.803. The summed E-state index contributed by atoms with van der Waals surface area (Å²) in [7, 11) is 0. The molecule has 0 unspecified atom stereocenters. The van der Waals surface area contributed by atoms with Gasteiger partial charge in [0.25, 0.3) is 0 Å². The number of rotatable bonds is 2. The molecule has 3 rings (SSSR count). The summed E-state index contributed by atoms with van der Waals surface area (Å²) in [6, 6.07) is 0. The number of nitrogens with zero attached hydrogens (tertiary/aromatic N) is 3. The number of anilines is 1. The second kappa shape index (κ2) is 4.48. The van der Waals surface area contributed by atoms with Gasteiger partial charge in [-0.15, -0.1) is 0 Å². The molecule has 2 saturated heterocycles. The number of ether oxygens (including phenoxy) is 3. The molecule has 0 aliphatic carbocycles. The number of fused-ring (bicyclic) bond motifs is 1. The molecule has 0 saturated carbocycles. The van der Waals surface area contributed by atoms with Gasteiger partial charge in [0.05, 0.1) is 6.61 Å². The summed E-state index contributed by atoms with van der Waals surface area (Å²) in [5.74, 6) is -0.910. The van der Waals surface area contributed by atoms with E-state index < -0.39 is 36.0 Å². The van der Waals surface area contributed by atoms with Crippen molar-refractivity contribution in [3.05, 3.63) is 16.8 Å². The molecule has 2 aliphatic heterocycles. The van der Waals surface area contributed by atoms with Gasteiger partial charge < -0.3 is 25.1 Å². The average Bonchev–Trinajstić information content (AvgIpc) is 2.83. The molecule has 0 spiro atoms. The van der Waals surface area contributed by atoms with Crippen LogP contribution < -0.4 is 11.4 Å². The van der Waals surface area contributed by atoms with Crippen LogP contribution in [0.2, 0.25) is 0 Å². The highest BCUT2D eigenvalue weighted by molar-refractivity contribution is 5.10. The number of aliphatic hydroxyl groups excluding tert-OH is 1. The molecule has 9 nitrogen and oxygen atoms in total. The lowest BCUT2D eigenvalue weighted by atomic mass is 10.1. The van der Waals surface area contributed by atoms with Crippen molar-refractivity contribution in [2.45, 2.75) is 44.2 Å². The zero-order valence-electron chi connectivity index (χ0n) is 11.1. The number of aromatic nitrogens is 3. The molecular formula is C11H16N4O5. The summed E-state index contributed by atoms with van der Waals surface area (Å²) in [5, 5.41) is 9.36. The Kier molecular flexibility index (Phi) is 3.01. The molecule has 9 heteroatoms. The predicted octanol–water partition coefficient (Wildman–Crippen LogP) is -1.37. The summed E-state index contributed by atoms with van der Waals surface area (Å²) in [6.45, 7) is 3.29. The fraction of sp³-hybridized carbons (Fsp3) is 0.727. The molecule has 110 valence electrons. The third kappa shape index (κ3) is 2.08. The molecule has 1 aromatic rings. The lowest BCUT2D eigenvalue weighted by molar-refractivity contribution is -0.200. The van der Waals surface area contributed by atoms with Gasteiger partial charge in [0.1, 0.15) is 24.6 Å². The molecule has 0 bridgehead atoms. The SMILES string of the molecule is CC1(C)O[C@@H]2[C@H](O1)[C@H](CO)O[C@@H]2n1cnc(N)nc1=O. The third-order valence-corrected chi connectivity index (χ3v) is 3.32. The Morgan fingerprint density at radius 3 is 2.80 bits per heavy atom. The normalized spacial score (nSPS) is 35.1. The molecule has 0 aromatic carbocycles. The first-order chi connectivity index (χ1) is 9.41. The molecule has 2 aliphatic rings. The van der Waals surface area contributed by atoms with Crippen LogP contribution in [0.3, 0.4) is 0 Å². The first kappa shape index (κ1) is 13.4. The van der Waals surface area contributed by atoms with Crippen molar-refractivity contribution < 1.29 is 19.3 Å². The van der Waals surface area contributed by atoms with E-state index in [1.807, 2.05) is 0 Å². The van der Waals surface area contributed by atoms with Gasteiger partial charge in [-0.3, -0.25) is 4.57 Å². The van der Waals surface area contributed by atoms with Crippen molar-refractivity contribution in [2.75, 3.05) is 12.3 Å². The van der Waals surface area contributed by atoms with Crippen LogP contribution in [0.5, 0.6) is 0 Å². The largest absolute Gasteiger partial charge is 0.394 e. The molecule has 2 fully saturated rings. The lowest BCUT2D eigenvalue weighted by Gasteiger charge is -2.24. The van der Waals surface area contributed by atoms with E-state index in [0.717, 1.165) is 0 Å². The zero-order chi connectivity index (χ0) is 14.5. The van der Waals surface area contributed by atoms with Gasteiger partial charge in [-0.1, -0.05) is 0 Å². The predicted molar refractivity (Wildman–Crippen MR) is 65.5 cm³/mol. The van der Waals surface area contributed by atoms with Crippen LogP contribution in [-0.4, -0.2) is 50.3 Å². The summed E-state index contributed by atoms with van der Waals surface area (Å²) >= 11 is 0. The van der Waals surface area contributed by atoms with E-state index in [2.05, 4.69) is 9.97 Å². The molecular weight excluding hydrogens is 268 g/mol. The van der Waals surface area contributed by atoms with Gasteiger partial charge in [-0.05, 0) is 13.8 Å². The van der Waals surface area contributed by atoms with Crippen LogP contribution in [0.4, 0.5) is 5.95 Å². The highest BCUT2D eigenvalue weighted by Crippen LogP contribution is 2.42. The topological polar surface area (TPSA) is 122 Å². The molecule has 0 amide bonds. The maximum Gasteiger partial charge on any atom is 0.354 e. The van der Waals surface area contributed by atoms with E-state index in [1.54, 1.807) is 13.8 Å². The molecule has 20 heavy (non-hydrogen) atoms. The highest BCUT2D eigenvalue weighted by atomic mass is 16.8. The zero-order valence-corrected chi connectivity index (χ0v) is 11.1. The number of aliphatic hydroxyl groups is 1. The van der Waals surface area contributed by atoms with Crippen LogP contribution >= 0.6 is 0 Å².